The third-order valence-corrected chi connectivity index (χ3v) is 9.41. The molecule has 0 radical (unpaired) electrons. The van der Waals surface area contributed by atoms with Crippen LogP contribution >= 0.6 is 0 Å². The quantitative estimate of drug-likeness (QED) is 0.102. The summed E-state index contributed by atoms with van der Waals surface area (Å²) < 4.78 is 2.29. The van der Waals surface area contributed by atoms with Crippen molar-refractivity contribution in [2.24, 2.45) is 5.92 Å². The largest absolute Gasteiger partial charge is 0.310 e. The molecule has 1 aliphatic rings. The summed E-state index contributed by atoms with van der Waals surface area (Å²) >= 11 is 0. The van der Waals surface area contributed by atoms with Crippen molar-refractivity contribution in [1.82, 2.24) is 0 Å². The topological polar surface area (TPSA) is 10.6 Å². The Morgan fingerprint density at radius 3 is 1.77 bits per heavy atom. The molecule has 6 rings (SSSR count). The molecule has 0 spiro atoms. The van der Waals surface area contributed by atoms with Crippen LogP contribution in [0.4, 0.5) is 28.4 Å². The minimum absolute atomic E-state index is 0.0757. The molecule has 0 saturated carbocycles. The third kappa shape index (κ3) is 4.91. The zero-order valence-electron chi connectivity index (χ0n) is 26.4. The number of hydrogen-bond donors (Lipinski definition) is 0. The van der Waals surface area contributed by atoms with E-state index in [9.17, 15) is 0 Å². The molecular weight excluding hydrogens is 534 g/mol. The Balaban J connectivity index is 1.50. The normalized spacial score (nSPS) is 13.6. The highest BCUT2D eigenvalue weighted by Crippen LogP contribution is 2.54. The number of anilines is 3. The maximum Gasteiger partial charge on any atom is 0.202 e. The Bertz CT molecular complexity index is 1820. The zero-order valence-corrected chi connectivity index (χ0v) is 26.4. The van der Waals surface area contributed by atoms with Gasteiger partial charge in [0.05, 0.1) is 6.57 Å². The van der Waals surface area contributed by atoms with Crippen molar-refractivity contribution in [2.75, 3.05) is 11.9 Å². The molecule has 0 saturated heterocycles. The molecule has 218 valence electrons. The van der Waals surface area contributed by atoms with Crippen molar-refractivity contribution < 1.29 is 4.58 Å². The van der Waals surface area contributed by atoms with E-state index in [1.54, 1.807) is 0 Å². The molecule has 0 unspecified atom stereocenters. The fourth-order valence-corrected chi connectivity index (χ4v) is 7.20. The molecule has 5 aromatic carbocycles. The first-order valence-corrected chi connectivity index (χ1v) is 15.7. The van der Waals surface area contributed by atoms with Gasteiger partial charge in [0.1, 0.15) is 7.05 Å². The molecule has 0 atom stereocenters. The molecule has 3 nitrogen and oxygen atoms in total. The third-order valence-electron chi connectivity index (χ3n) is 9.41. The summed E-state index contributed by atoms with van der Waals surface area (Å²) in [5.41, 5.74) is 13.2. The second-order valence-corrected chi connectivity index (χ2v) is 12.0. The fraction of sp³-hybridized carbons (Fsp3) is 0.220. The molecule has 0 bridgehead atoms. The lowest BCUT2D eigenvalue weighted by atomic mass is 9.73. The fourth-order valence-electron chi connectivity index (χ4n) is 7.20. The van der Waals surface area contributed by atoms with E-state index >= 15 is 0 Å². The minimum Gasteiger partial charge on any atom is -0.310 e. The average molecular weight is 575 g/mol. The molecule has 0 aliphatic heterocycles. The summed E-state index contributed by atoms with van der Waals surface area (Å²) in [4.78, 5) is 5.94. The lowest BCUT2D eigenvalue weighted by Crippen LogP contribution is -2.25. The van der Waals surface area contributed by atoms with Crippen molar-refractivity contribution in [3.63, 3.8) is 0 Å². The van der Waals surface area contributed by atoms with E-state index in [1.165, 1.54) is 39.2 Å². The van der Waals surface area contributed by atoms with Gasteiger partial charge in [-0.3, -0.25) is 0 Å². The highest BCUT2D eigenvalue weighted by atomic mass is 15.1. The molecule has 1 aliphatic carbocycles. The van der Waals surface area contributed by atoms with Crippen LogP contribution in [0.15, 0.2) is 121 Å². The Morgan fingerprint density at radius 1 is 0.705 bits per heavy atom. The maximum absolute atomic E-state index is 7.34. The SMILES string of the molecule is [C-]#[N+]c1ccc([N+](C)=C(c2ccc3c(c2)C(CC)(CC)c2cc(N(c4ccccc4)c4ccccc4)ccc2-3)C(C)C)cc1. The highest BCUT2D eigenvalue weighted by molar-refractivity contribution is 6.00. The minimum atomic E-state index is -0.0757. The summed E-state index contributed by atoms with van der Waals surface area (Å²) in [6.45, 7) is 16.5. The molecule has 0 aromatic heterocycles. The number of rotatable bonds is 8. The van der Waals surface area contributed by atoms with Gasteiger partial charge in [-0.15, -0.1) is 0 Å². The zero-order chi connectivity index (χ0) is 30.8. The van der Waals surface area contributed by atoms with Gasteiger partial charge in [-0.1, -0.05) is 76.2 Å². The Labute approximate surface area is 262 Å². The number of fused-ring (bicyclic) bond motifs is 3. The van der Waals surface area contributed by atoms with Gasteiger partial charge in [-0.25, -0.2) is 4.85 Å². The van der Waals surface area contributed by atoms with Gasteiger partial charge in [-0.2, -0.15) is 4.58 Å². The first-order valence-electron chi connectivity index (χ1n) is 15.7. The van der Waals surface area contributed by atoms with Crippen LogP contribution in [-0.4, -0.2) is 17.3 Å². The number of para-hydroxylation sites is 2. The van der Waals surface area contributed by atoms with Crippen molar-refractivity contribution in [3.05, 3.63) is 149 Å². The second-order valence-electron chi connectivity index (χ2n) is 12.0. The molecule has 0 N–H and O–H groups in total. The lowest BCUT2D eigenvalue weighted by Gasteiger charge is -2.32. The van der Waals surface area contributed by atoms with Gasteiger partial charge >= 0.3 is 0 Å². The number of benzene rings is 5. The van der Waals surface area contributed by atoms with Crippen LogP contribution in [0.5, 0.6) is 0 Å². The predicted molar refractivity (Wildman–Crippen MR) is 185 cm³/mol. The van der Waals surface area contributed by atoms with E-state index in [0.29, 0.717) is 11.6 Å². The van der Waals surface area contributed by atoms with E-state index < -0.39 is 0 Å². The standard InChI is InChI=1S/C41H40N3/c1-7-41(8-2)38-27-30(40(29(3)4)43(6)32-22-20-31(42-5)21-23-32)19-25-36(38)37-26-24-35(28-39(37)41)44(33-15-11-9-12-16-33)34-17-13-10-14-18-34/h9-29H,7-8H2,1-4,6H3/q+1. The smallest absolute Gasteiger partial charge is 0.202 e. The molecule has 3 heteroatoms. The van der Waals surface area contributed by atoms with Crippen LogP contribution in [0.1, 0.15) is 57.2 Å². The Hall–Kier alpha value is -4.94. The van der Waals surface area contributed by atoms with E-state index in [0.717, 1.165) is 29.9 Å². The maximum atomic E-state index is 7.34. The molecule has 5 aromatic rings. The molecule has 0 heterocycles. The number of nitrogens with zero attached hydrogens (tertiary/aromatic N) is 3. The van der Waals surface area contributed by atoms with Gasteiger partial charge in [0.15, 0.2) is 11.4 Å². The molecule has 44 heavy (non-hydrogen) atoms. The van der Waals surface area contributed by atoms with E-state index in [1.807, 2.05) is 24.3 Å². The van der Waals surface area contributed by atoms with Crippen LogP contribution in [0.2, 0.25) is 0 Å². The summed E-state index contributed by atoms with van der Waals surface area (Å²) in [5.74, 6) is 0.317. The first-order chi connectivity index (χ1) is 21.4. The Kier molecular flexibility index (Phi) is 7.93. The molecule has 0 fully saturated rings. The predicted octanol–water partition coefficient (Wildman–Crippen LogP) is 11.2. The van der Waals surface area contributed by atoms with Gasteiger partial charge in [0, 0.05) is 34.0 Å². The monoisotopic (exact) mass is 574 g/mol. The van der Waals surface area contributed by atoms with E-state index in [4.69, 9.17) is 6.57 Å². The molecular formula is C41H40N3+. The first kappa shape index (κ1) is 29.1. The summed E-state index contributed by atoms with van der Waals surface area (Å²) in [5, 5.41) is 0. The van der Waals surface area contributed by atoms with Crippen LogP contribution in [0.25, 0.3) is 16.0 Å². The van der Waals surface area contributed by atoms with Crippen LogP contribution in [0.3, 0.4) is 0 Å². The number of hydrogen-bond acceptors (Lipinski definition) is 1. The van der Waals surface area contributed by atoms with E-state index in [-0.39, 0.29) is 5.41 Å². The van der Waals surface area contributed by atoms with Crippen molar-refractivity contribution in [1.29, 1.82) is 0 Å². The van der Waals surface area contributed by atoms with Crippen molar-refractivity contribution in [3.8, 4) is 11.1 Å². The second kappa shape index (κ2) is 12.0. The molecule has 0 amide bonds. The van der Waals surface area contributed by atoms with Gasteiger partial charge in [0.2, 0.25) is 5.69 Å². The van der Waals surface area contributed by atoms with Crippen molar-refractivity contribution in [2.45, 2.75) is 46.0 Å². The van der Waals surface area contributed by atoms with Gasteiger partial charge < -0.3 is 4.90 Å². The Morgan fingerprint density at radius 2 is 1.25 bits per heavy atom. The van der Waals surface area contributed by atoms with Gasteiger partial charge in [-0.05, 0) is 108 Å². The average Bonchev–Trinajstić information content (AvgIpc) is 3.34. The van der Waals surface area contributed by atoms with E-state index in [2.05, 4.69) is 146 Å². The summed E-state index contributed by atoms with van der Waals surface area (Å²) in [6, 6.07) is 43.4. The highest BCUT2D eigenvalue weighted by Gasteiger charge is 2.41. The van der Waals surface area contributed by atoms with Crippen LogP contribution in [-0.2, 0) is 5.41 Å². The summed E-state index contributed by atoms with van der Waals surface area (Å²) in [7, 11) is 2.14. The summed E-state index contributed by atoms with van der Waals surface area (Å²) in [6.07, 6.45) is 2.05. The van der Waals surface area contributed by atoms with Gasteiger partial charge in [0.25, 0.3) is 0 Å². The lowest BCUT2D eigenvalue weighted by molar-refractivity contribution is -0.407. The van der Waals surface area contributed by atoms with Crippen LogP contribution < -0.4 is 4.90 Å². The van der Waals surface area contributed by atoms with Crippen LogP contribution in [0, 0.1) is 12.5 Å². The van der Waals surface area contributed by atoms with Crippen molar-refractivity contribution >= 4 is 34.1 Å².